The fraction of sp³-hybridized carbons (Fsp3) is 0.400. The van der Waals surface area contributed by atoms with Crippen molar-refractivity contribution in [2.75, 3.05) is 29.9 Å². The molecule has 0 saturated carbocycles. The average molecular weight is 561 g/mol. The number of nitrogens with zero attached hydrogens (tertiary/aromatic N) is 5. The Hall–Kier alpha value is -4.72. The van der Waals surface area contributed by atoms with E-state index in [1.807, 2.05) is 6.92 Å². The molecule has 41 heavy (non-hydrogen) atoms. The molecule has 0 unspecified atom stereocenters. The first kappa shape index (κ1) is 29.3. The molecule has 0 spiro atoms. The number of allylic oxidation sites excluding steroid dienone is 1. The van der Waals surface area contributed by atoms with Crippen LogP contribution in [0.1, 0.15) is 51.7 Å². The van der Waals surface area contributed by atoms with Gasteiger partial charge in [-0.1, -0.05) is 6.08 Å². The number of amides is 2. The predicted molar refractivity (Wildman–Crippen MR) is 156 cm³/mol. The topological polar surface area (TPSA) is 132 Å². The summed E-state index contributed by atoms with van der Waals surface area (Å²) in [5.41, 5.74) is 1.65. The van der Waals surface area contributed by atoms with E-state index < -0.39 is 17.8 Å². The molecule has 1 aromatic carbocycles. The fourth-order valence-corrected chi connectivity index (χ4v) is 4.97. The van der Waals surface area contributed by atoms with Gasteiger partial charge in [0.25, 0.3) is 0 Å². The molecule has 2 aromatic heterocycles. The molecule has 3 heterocycles. The summed E-state index contributed by atoms with van der Waals surface area (Å²) in [4.78, 5) is 28.4. The van der Waals surface area contributed by atoms with Gasteiger partial charge in [-0.25, -0.2) is 19.0 Å². The van der Waals surface area contributed by atoms with Crippen LogP contribution in [0, 0.1) is 11.3 Å². The summed E-state index contributed by atoms with van der Waals surface area (Å²) in [6, 6.07) is 10.8. The maximum atomic E-state index is 13.9. The number of likely N-dealkylation sites (tertiary alicyclic amines) is 1. The van der Waals surface area contributed by atoms with Crippen LogP contribution in [0.3, 0.4) is 0 Å². The van der Waals surface area contributed by atoms with Crippen LogP contribution in [0.4, 0.5) is 26.8 Å². The second-order valence-electron chi connectivity index (χ2n) is 10.7. The zero-order chi connectivity index (χ0) is 29.7. The summed E-state index contributed by atoms with van der Waals surface area (Å²) in [6.07, 6.45) is 3.33. The Morgan fingerprint density at radius 2 is 2.02 bits per heavy atom. The van der Waals surface area contributed by atoms with E-state index in [-0.39, 0.29) is 19.0 Å². The highest BCUT2D eigenvalue weighted by Crippen LogP contribution is 2.39. The summed E-state index contributed by atoms with van der Waals surface area (Å²) in [5, 5.41) is 27.9. The lowest BCUT2D eigenvalue weighted by molar-refractivity contribution is 0.0597. The normalized spacial score (nSPS) is 15.2. The lowest BCUT2D eigenvalue weighted by Crippen LogP contribution is -2.44. The van der Waals surface area contributed by atoms with Gasteiger partial charge in [-0.05, 0) is 77.3 Å². The summed E-state index contributed by atoms with van der Waals surface area (Å²) < 4.78 is 13.0. The summed E-state index contributed by atoms with van der Waals surface area (Å²) in [7, 11) is 0. The molecule has 0 radical (unpaired) electrons. The first-order valence-corrected chi connectivity index (χ1v) is 13.6. The second-order valence-corrected chi connectivity index (χ2v) is 10.7. The number of hydrogen-bond acceptors (Lipinski definition) is 7. The Morgan fingerprint density at radius 3 is 2.63 bits per heavy atom. The van der Waals surface area contributed by atoms with Crippen molar-refractivity contribution in [1.29, 1.82) is 5.26 Å². The number of benzene rings is 1. The molecule has 2 amide bonds. The van der Waals surface area contributed by atoms with Crippen molar-refractivity contribution in [3.05, 3.63) is 60.3 Å². The van der Waals surface area contributed by atoms with E-state index in [1.165, 1.54) is 9.80 Å². The van der Waals surface area contributed by atoms with E-state index in [0.29, 0.717) is 59.2 Å². The number of pyridine rings is 1. The number of aromatic nitrogens is 2. The van der Waals surface area contributed by atoms with Crippen molar-refractivity contribution in [3.8, 4) is 11.8 Å². The number of carbonyl (C=O) groups excluding carboxylic acids is 1. The van der Waals surface area contributed by atoms with Crippen molar-refractivity contribution in [2.45, 2.75) is 58.6 Å². The highest BCUT2D eigenvalue weighted by Gasteiger charge is 2.33. The van der Waals surface area contributed by atoms with E-state index >= 15 is 0 Å². The van der Waals surface area contributed by atoms with Crippen LogP contribution in [0.2, 0.25) is 0 Å². The number of nitrogens with one attached hydrogen (secondary N) is 1. The number of piperidine rings is 1. The van der Waals surface area contributed by atoms with Crippen LogP contribution in [-0.4, -0.2) is 63.1 Å². The Balaban J connectivity index is 1.96. The maximum absolute atomic E-state index is 13.9. The molecule has 11 heteroatoms. The Morgan fingerprint density at radius 1 is 1.29 bits per heavy atom. The second kappa shape index (κ2) is 12.2. The minimum atomic E-state index is -0.984. The van der Waals surface area contributed by atoms with E-state index in [1.54, 1.807) is 67.9 Å². The van der Waals surface area contributed by atoms with Crippen molar-refractivity contribution < 1.29 is 24.2 Å². The van der Waals surface area contributed by atoms with Gasteiger partial charge >= 0.3 is 12.2 Å². The van der Waals surface area contributed by atoms with Crippen LogP contribution >= 0.6 is 0 Å². The molecule has 3 aromatic rings. The van der Waals surface area contributed by atoms with Gasteiger partial charge in [0.15, 0.2) is 5.82 Å². The van der Waals surface area contributed by atoms with Crippen LogP contribution in [0.25, 0.3) is 5.52 Å². The minimum absolute atomic E-state index is 0.241. The van der Waals surface area contributed by atoms with E-state index in [4.69, 9.17) is 9.47 Å². The molecular formula is C30H36N6O5. The standard InChI is InChI=1S/C30H36N6O5/c1-6-9-23-26(33-20-10-8-17-34(19-20)28(37)38)24(18-31)25-15-16-32-36(25)27(23)35(29(39)41-30(3,4)5)21-11-13-22(14-12-21)40-7-2/h6,11-16,20,33H,1,7-10,17,19H2,2-5H3,(H,37,38)/t20-/m0/s1. The van der Waals surface area contributed by atoms with Crippen molar-refractivity contribution >= 4 is 34.9 Å². The smallest absolute Gasteiger partial charge is 0.420 e. The van der Waals surface area contributed by atoms with Crippen molar-refractivity contribution in [2.24, 2.45) is 0 Å². The Bertz CT molecular complexity index is 1470. The first-order valence-electron chi connectivity index (χ1n) is 13.6. The van der Waals surface area contributed by atoms with Crippen LogP contribution in [0.15, 0.2) is 49.2 Å². The van der Waals surface area contributed by atoms with Crippen LogP contribution in [-0.2, 0) is 11.2 Å². The van der Waals surface area contributed by atoms with Gasteiger partial charge in [0.05, 0.1) is 29.7 Å². The highest BCUT2D eigenvalue weighted by molar-refractivity contribution is 5.98. The molecule has 2 N–H and O–H groups in total. The van der Waals surface area contributed by atoms with Gasteiger partial charge in [-0.15, -0.1) is 6.58 Å². The van der Waals surface area contributed by atoms with Gasteiger partial charge < -0.3 is 24.8 Å². The number of carboxylic acid groups (broad SMARTS) is 1. The minimum Gasteiger partial charge on any atom is -0.494 e. The van der Waals surface area contributed by atoms with Crippen LogP contribution in [0.5, 0.6) is 5.75 Å². The largest absolute Gasteiger partial charge is 0.494 e. The molecule has 1 saturated heterocycles. The zero-order valence-electron chi connectivity index (χ0n) is 23.9. The molecule has 4 rings (SSSR count). The number of rotatable bonds is 8. The molecular weight excluding hydrogens is 524 g/mol. The molecule has 0 bridgehead atoms. The van der Waals surface area contributed by atoms with Crippen molar-refractivity contribution in [1.82, 2.24) is 14.5 Å². The van der Waals surface area contributed by atoms with E-state index in [0.717, 1.165) is 6.42 Å². The lowest BCUT2D eigenvalue weighted by atomic mass is 10.0. The first-order chi connectivity index (χ1) is 19.6. The number of nitriles is 1. The lowest BCUT2D eigenvalue weighted by Gasteiger charge is -2.34. The monoisotopic (exact) mass is 560 g/mol. The molecule has 1 fully saturated rings. The highest BCUT2D eigenvalue weighted by atomic mass is 16.6. The maximum Gasteiger partial charge on any atom is 0.420 e. The molecule has 216 valence electrons. The Labute approximate surface area is 239 Å². The number of ether oxygens (including phenoxy) is 2. The third kappa shape index (κ3) is 6.38. The quantitative estimate of drug-likeness (QED) is 0.323. The number of anilines is 3. The number of fused-ring (bicyclic) bond motifs is 1. The third-order valence-corrected chi connectivity index (χ3v) is 6.62. The van der Waals surface area contributed by atoms with E-state index in [2.05, 4.69) is 23.1 Å². The number of hydrogen-bond donors (Lipinski definition) is 2. The average Bonchev–Trinajstić information content (AvgIpc) is 3.40. The zero-order valence-corrected chi connectivity index (χ0v) is 23.9. The Kier molecular flexibility index (Phi) is 8.71. The van der Waals surface area contributed by atoms with Gasteiger partial charge in [-0.2, -0.15) is 10.4 Å². The summed E-state index contributed by atoms with van der Waals surface area (Å²) >= 11 is 0. The fourth-order valence-electron chi connectivity index (χ4n) is 4.97. The SMILES string of the molecule is C=CCc1c(N[C@H]2CCCN(C(=O)O)C2)c(C#N)c2ccnn2c1N(C(=O)OC(C)(C)C)c1ccc(OCC)cc1. The molecule has 1 aliphatic heterocycles. The molecule has 11 nitrogen and oxygen atoms in total. The van der Waals surface area contributed by atoms with Gasteiger partial charge in [0, 0.05) is 24.7 Å². The van der Waals surface area contributed by atoms with E-state index in [9.17, 15) is 20.0 Å². The van der Waals surface area contributed by atoms with Crippen molar-refractivity contribution in [3.63, 3.8) is 0 Å². The molecule has 0 aliphatic carbocycles. The van der Waals surface area contributed by atoms with Crippen LogP contribution < -0.4 is 15.0 Å². The third-order valence-electron chi connectivity index (χ3n) is 6.62. The predicted octanol–water partition coefficient (Wildman–Crippen LogP) is 5.96. The summed E-state index contributed by atoms with van der Waals surface area (Å²) in [6.45, 7) is 12.4. The van der Waals surface area contributed by atoms with Gasteiger partial charge in [0.2, 0.25) is 0 Å². The van der Waals surface area contributed by atoms with Gasteiger partial charge in [-0.3, -0.25) is 0 Å². The summed E-state index contributed by atoms with van der Waals surface area (Å²) in [5.74, 6) is 1.04. The molecule has 1 atom stereocenters. The van der Waals surface area contributed by atoms with Gasteiger partial charge in [0.1, 0.15) is 23.0 Å². The molecule has 1 aliphatic rings. The number of carbonyl (C=O) groups is 2.